The molecule has 2 fully saturated rings. The largest absolute Gasteiger partial charge is 0.494 e. The molecule has 2 aliphatic heterocycles. The second kappa shape index (κ2) is 14.6. The van der Waals surface area contributed by atoms with Crippen LogP contribution >= 0.6 is 12.4 Å². The Labute approximate surface area is 245 Å². The molecule has 0 aromatic heterocycles. The number of hydrogen-bond acceptors (Lipinski definition) is 7. The van der Waals surface area contributed by atoms with E-state index in [0.29, 0.717) is 19.7 Å². The van der Waals surface area contributed by atoms with E-state index in [-0.39, 0.29) is 69.5 Å². The van der Waals surface area contributed by atoms with Gasteiger partial charge in [-0.1, -0.05) is 13.3 Å². The molecule has 11 nitrogen and oxygen atoms in total. The maximum atomic E-state index is 13.9. The topological polar surface area (TPSA) is 123 Å². The second-order valence-electron chi connectivity index (χ2n) is 10.9. The third-order valence-electron chi connectivity index (χ3n) is 7.73. The number of unbranched alkanes of at least 4 members (excludes halogenated alkanes) is 1. The Hall–Kier alpha value is -2.28. The number of piperidine rings is 1. The van der Waals surface area contributed by atoms with Crippen molar-refractivity contribution in [2.45, 2.75) is 77.1 Å². The van der Waals surface area contributed by atoms with Crippen molar-refractivity contribution in [2.75, 3.05) is 50.8 Å². The molecule has 2 N–H and O–H groups in total. The summed E-state index contributed by atoms with van der Waals surface area (Å²) in [6, 6.07) is 7.56. The lowest BCUT2D eigenvalue weighted by molar-refractivity contribution is -0.133. The number of urea groups is 1. The fourth-order valence-corrected chi connectivity index (χ4v) is 7.60. The number of hydrogen-bond donors (Lipinski definition) is 2. The number of nitrogens with zero attached hydrogens (tertiary/aromatic N) is 4. The van der Waals surface area contributed by atoms with Crippen LogP contribution in [0.3, 0.4) is 0 Å². The van der Waals surface area contributed by atoms with E-state index in [1.54, 1.807) is 15.3 Å². The number of amides is 3. The van der Waals surface area contributed by atoms with E-state index < -0.39 is 20.7 Å². The summed E-state index contributed by atoms with van der Waals surface area (Å²) < 4.78 is 33.1. The van der Waals surface area contributed by atoms with E-state index in [1.807, 2.05) is 52.0 Å². The van der Waals surface area contributed by atoms with Crippen LogP contribution in [0.1, 0.15) is 60.3 Å². The molecule has 40 heavy (non-hydrogen) atoms. The quantitative estimate of drug-likeness (QED) is 0.239. The van der Waals surface area contributed by atoms with E-state index in [4.69, 9.17) is 4.74 Å². The van der Waals surface area contributed by atoms with Gasteiger partial charge in [-0.3, -0.25) is 10.0 Å². The zero-order valence-corrected chi connectivity index (χ0v) is 26.0. The van der Waals surface area contributed by atoms with Gasteiger partial charge in [-0.2, -0.15) is 4.31 Å². The highest BCUT2D eigenvalue weighted by atomic mass is 35.5. The monoisotopic (exact) mass is 603 g/mol. The van der Waals surface area contributed by atoms with Crippen LogP contribution in [0, 0.1) is 0 Å². The first-order chi connectivity index (χ1) is 18.5. The van der Waals surface area contributed by atoms with Crippen molar-refractivity contribution in [3.63, 3.8) is 0 Å². The maximum absolute atomic E-state index is 13.9. The zero-order valence-electron chi connectivity index (χ0n) is 24.3. The number of rotatable bonds is 10. The number of halogens is 1. The summed E-state index contributed by atoms with van der Waals surface area (Å²) in [5.41, 5.74) is 2.58. The average Bonchev–Trinajstić information content (AvgIpc) is 2.92. The normalized spacial score (nSPS) is 17.9. The average molecular weight is 604 g/mol. The highest BCUT2D eigenvalue weighted by molar-refractivity contribution is 7.91. The van der Waals surface area contributed by atoms with Crippen molar-refractivity contribution in [1.82, 2.24) is 19.6 Å². The summed E-state index contributed by atoms with van der Waals surface area (Å²) in [5.74, 6) is -0.139. The molecule has 3 amide bonds. The van der Waals surface area contributed by atoms with Gasteiger partial charge in [-0.05, 0) is 71.2 Å². The van der Waals surface area contributed by atoms with Crippen molar-refractivity contribution in [3.8, 4) is 5.75 Å². The van der Waals surface area contributed by atoms with Crippen LogP contribution in [0.4, 0.5) is 10.5 Å². The second-order valence-corrected chi connectivity index (χ2v) is 13.1. The summed E-state index contributed by atoms with van der Waals surface area (Å²) in [6.45, 7) is 12.1. The van der Waals surface area contributed by atoms with Gasteiger partial charge in [0.15, 0.2) is 4.75 Å². The van der Waals surface area contributed by atoms with Gasteiger partial charge in [0.05, 0.1) is 6.61 Å². The number of hydroxylamine groups is 1. The molecule has 0 bridgehead atoms. The number of carbonyl (C=O) groups is 2. The number of benzene rings is 1. The fraction of sp³-hybridized carbons (Fsp3) is 0.704. The lowest BCUT2D eigenvalue weighted by Crippen LogP contribution is -2.64. The third kappa shape index (κ3) is 7.13. The van der Waals surface area contributed by atoms with E-state index in [1.165, 1.54) is 4.31 Å². The Morgan fingerprint density at radius 3 is 2.02 bits per heavy atom. The lowest BCUT2D eigenvalue weighted by atomic mass is 9.95. The minimum Gasteiger partial charge on any atom is -0.494 e. The van der Waals surface area contributed by atoms with Gasteiger partial charge in [0.1, 0.15) is 5.75 Å². The summed E-state index contributed by atoms with van der Waals surface area (Å²) in [7, 11) is -4.12. The Morgan fingerprint density at radius 1 is 1.00 bits per heavy atom. The van der Waals surface area contributed by atoms with Crippen LogP contribution in [0.5, 0.6) is 5.75 Å². The summed E-state index contributed by atoms with van der Waals surface area (Å²) in [4.78, 5) is 31.5. The molecule has 2 saturated heterocycles. The van der Waals surface area contributed by atoms with Crippen molar-refractivity contribution >= 4 is 40.1 Å². The molecule has 228 valence electrons. The molecule has 0 unspecified atom stereocenters. The Morgan fingerprint density at radius 2 is 1.55 bits per heavy atom. The van der Waals surface area contributed by atoms with Crippen LogP contribution < -0.4 is 15.1 Å². The molecular weight excluding hydrogens is 558 g/mol. The van der Waals surface area contributed by atoms with Gasteiger partial charge >= 0.3 is 6.03 Å². The van der Waals surface area contributed by atoms with Crippen molar-refractivity contribution in [1.29, 1.82) is 0 Å². The first-order valence-corrected chi connectivity index (χ1v) is 15.4. The van der Waals surface area contributed by atoms with Gasteiger partial charge in [0.2, 0.25) is 10.0 Å². The van der Waals surface area contributed by atoms with Crippen LogP contribution in [-0.4, -0.2) is 102 Å². The molecule has 0 atom stereocenters. The smallest absolute Gasteiger partial charge is 0.320 e. The van der Waals surface area contributed by atoms with Crippen molar-refractivity contribution < 1.29 is 28.0 Å². The third-order valence-corrected chi connectivity index (χ3v) is 10.4. The molecule has 0 saturated carbocycles. The molecule has 3 rings (SSSR count). The molecule has 13 heteroatoms. The summed E-state index contributed by atoms with van der Waals surface area (Å²) in [5, 5.41) is 9.51. The standard InChI is InChI=1S/C27H45N5O6S.ClH/c1-6-7-20-38-24-10-8-23(9-11-24)29-16-18-31(19-17-29)39(36,37)27(25(33)28-35)12-14-30(15-13-27)26(34)32(21(2)3)22(4)5;/h8-11,21-22,35H,6-7,12-20H2,1-5H3,(H,28,33);1H. The number of sulfonamides is 1. The number of anilines is 1. The maximum Gasteiger partial charge on any atom is 0.320 e. The minimum absolute atomic E-state index is 0. The lowest BCUT2D eigenvalue weighted by Gasteiger charge is -2.45. The number of carbonyl (C=O) groups excluding carboxylic acids is 2. The fourth-order valence-electron chi connectivity index (χ4n) is 5.49. The molecule has 2 aliphatic rings. The summed E-state index contributed by atoms with van der Waals surface area (Å²) >= 11 is 0. The molecule has 0 spiro atoms. The first kappa shape index (κ1) is 33.9. The van der Waals surface area contributed by atoms with Crippen molar-refractivity contribution in [2.24, 2.45) is 0 Å². The van der Waals surface area contributed by atoms with E-state index in [0.717, 1.165) is 24.3 Å². The molecule has 0 radical (unpaired) electrons. The van der Waals surface area contributed by atoms with Crippen molar-refractivity contribution in [3.05, 3.63) is 24.3 Å². The molecular formula is C27H46ClN5O6S. The number of ether oxygens (including phenoxy) is 1. The summed E-state index contributed by atoms with van der Waals surface area (Å²) in [6.07, 6.45) is 1.89. The number of nitrogens with one attached hydrogen (secondary N) is 1. The molecule has 1 aromatic carbocycles. The van der Waals surface area contributed by atoms with E-state index in [9.17, 15) is 23.2 Å². The SMILES string of the molecule is CCCCOc1ccc(N2CCN(S(=O)(=O)C3(C(=O)NO)CCN(C(=O)N(C(C)C)C(C)C)CC3)CC2)cc1.Cl. The van der Waals surface area contributed by atoms with Gasteiger partial charge in [-0.15, -0.1) is 12.4 Å². The molecule has 0 aliphatic carbocycles. The minimum atomic E-state index is -4.12. The number of piperazine rings is 1. The van der Waals surface area contributed by atoms with Gasteiger partial charge < -0.3 is 19.4 Å². The Kier molecular flexibility index (Phi) is 12.4. The van der Waals surface area contributed by atoms with E-state index in [2.05, 4.69) is 11.8 Å². The van der Waals surface area contributed by atoms with Crippen LogP contribution in [0.25, 0.3) is 0 Å². The molecule has 1 aromatic rings. The zero-order chi connectivity index (χ0) is 28.8. The first-order valence-electron chi connectivity index (χ1n) is 14.0. The predicted octanol–water partition coefficient (Wildman–Crippen LogP) is 3.32. The van der Waals surface area contributed by atoms with Crippen LogP contribution in [0.15, 0.2) is 24.3 Å². The number of likely N-dealkylation sites (tertiary alicyclic amines) is 1. The molecule has 2 heterocycles. The Balaban J connectivity index is 0.00000560. The van der Waals surface area contributed by atoms with E-state index >= 15 is 0 Å². The Bertz CT molecular complexity index is 1060. The van der Waals surface area contributed by atoms with Gasteiger partial charge in [0.25, 0.3) is 5.91 Å². The van der Waals surface area contributed by atoms with Crippen LogP contribution in [-0.2, 0) is 14.8 Å². The van der Waals surface area contributed by atoms with Gasteiger partial charge in [0, 0.05) is 57.0 Å². The highest BCUT2D eigenvalue weighted by Crippen LogP contribution is 2.35. The highest BCUT2D eigenvalue weighted by Gasteiger charge is 2.55. The van der Waals surface area contributed by atoms with Gasteiger partial charge in [-0.25, -0.2) is 18.7 Å². The van der Waals surface area contributed by atoms with Crippen LogP contribution in [0.2, 0.25) is 0 Å². The predicted molar refractivity (Wildman–Crippen MR) is 158 cm³/mol.